The van der Waals surface area contributed by atoms with E-state index in [1.54, 1.807) is 0 Å². The van der Waals surface area contributed by atoms with Crippen LogP contribution in [0.25, 0.3) is 0 Å². The van der Waals surface area contributed by atoms with E-state index in [0.29, 0.717) is 25.7 Å². The van der Waals surface area contributed by atoms with E-state index in [1.165, 1.54) is 23.9 Å². The minimum absolute atomic E-state index is 0.0746. The molecule has 126 valence electrons. The highest BCUT2D eigenvalue weighted by atomic mass is 79.9. The van der Waals surface area contributed by atoms with E-state index in [2.05, 4.69) is 52.4 Å². The number of H-pyrrole nitrogens is 1. The Balaban J connectivity index is 1.60. The van der Waals surface area contributed by atoms with Crippen LogP contribution in [0.4, 0.5) is 11.4 Å². The normalized spacial score (nSPS) is 13.8. The van der Waals surface area contributed by atoms with E-state index in [1.807, 2.05) is 0 Å². The predicted molar refractivity (Wildman–Crippen MR) is 96.2 cm³/mol. The number of nitrogens with zero attached hydrogens (tertiary/aromatic N) is 3. The Bertz CT molecular complexity index is 786. The summed E-state index contributed by atoms with van der Waals surface area (Å²) in [5.41, 5.74) is 0.370. The monoisotopic (exact) mass is 475 g/mol. The van der Waals surface area contributed by atoms with Crippen molar-refractivity contribution in [3.05, 3.63) is 37.0 Å². The molecule has 1 fully saturated rings. The number of nitro benzene ring substituents is 1. The number of amides is 1. The second kappa shape index (κ2) is 7.19. The zero-order valence-electron chi connectivity index (χ0n) is 12.1. The number of thioether (sulfide) groups is 1. The van der Waals surface area contributed by atoms with E-state index < -0.39 is 4.92 Å². The maximum atomic E-state index is 12.1. The van der Waals surface area contributed by atoms with Gasteiger partial charge < -0.3 is 5.32 Å². The fraction of sp³-hybridized carbons (Fsp3) is 0.308. The largest absolute Gasteiger partial charge is 0.323 e. The van der Waals surface area contributed by atoms with Crippen LogP contribution in [0.5, 0.6) is 0 Å². The van der Waals surface area contributed by atoms with Crippen LogP contribution in [0, 0.1) is 10.1 Å². The molecule has 1 heterocycles. The van der Waals surface area contributed by atoms with Crippen molar-refractivity contribution < 1.29 is 9.72 Å². The fourth-order valence-corrected chi connectivity index (χ4v) is 3.92. The molecule has 1 aromatic heterocycles. The van der Waals surface area contributed by atoms with Gasteiger partial charge in [-0.05, 0) is 44.7 Å². The maximum Gasteiger partial charge on any atom is 0.271 e. The first-order chi connectivity index (χ1) is 11.4. The van der Waals surface area contributed by atoms with Gasteiger partial charge in [0.25, 0.3) is 5.69 Å². The summed E-state index contributed by atoms with van der Waals surface area (Å²) in [4.78, 5) is 26.7. The molecule has 0 radical (unpaired) electrons. The van der Waals surface area contributed by atoms with Crippen molar-refractivity contribution in [2.24, 2.45) is 0 Å². The Labute approximate surface area is 157 Å². The van der Waals surface area contributed by atoms with Crippen molar-refractivity contribution in [2.75, 3.05) is 11.1 Å². The number of anilines is 1. The van der Waals surface area contributed by atoms with Crippen molar-refractivity contribution in [1.29, 1.82) is 0 Å². The minimum atomic E-state index is -0.502. The number of non-ortho nitro benzene ring substituents is 1. The molecule has 2 N–H and O–H groups in total. The van der Waals surface area contributed by atoms with Gasteiger partial charge in [-0.1, -0.05) is 11.8 Å². The summed E-state index contributed by atoms with van der Waals surface area (Å²) in [7, 11) is 0. The van der Waals surface area contributed by atoms with Crippen LogP contribution in [0.3, 0.4) is 0 Å². The highest BCUT2D eigenvalue weighted by Crippen LogP contribution is 2.38. The number of carbonyl (C=O) groups is 1. The number of hydrogen-bond donors (Lipinski definition) is 2. The lowest BCUT2D eigenvalue weighted by Crippen LogP contribution is -2.15. The molecule has 0 atom stereocenters. The summed E-state index contributed by atoms with van der Waals surface area (Å²) in [6.07, 6.45) is 2.25. The van der Waals surface area contributed by atoms with Gasteiger partial charge in [0, 0.05) is 27.0 Å². The van der Waals surface area contributed by atoms with E-state index in [4.69, 9.17) is 0 Å². The highest BCUT2D eigenvalue weighted by molar-refractivity contribution is 9.11. The molecule has 0 spiro atoms. The first-order valence-corrected chi connectivity index (χ1v) is 9.49. The number of benzene rings is 1. The number of rotatable bonds is 6. The Hall–Kier alpha value is -1.46. The van der Waals surface area contributed by atoms with Gasteiger partial charge in [0.1, 0.15) is 5.82 Å². The molecule has 11 heteroatoms. The Morgan fingerprint density at radius 1 is 1.42 bits per heavy atom. The van der Waals surface area contributed by atoms with Gasteiger partial charge in [0.15, 0.2) is 0 Å². The average molecular weight is 477 g/mol. The first kappa shape index (κ1) is 17.4. The molecule has 3 rings (SSSR count). The van der Waals surface area contributed by atoms with Crippen LogP contribution < -0.4 is 5.32 Å². The average Bonchev–Trinajstić information content (AvgIpc) is 3.27. The lowest BCUT2D eigenvalue weighted by molar-refractivity contribution is -0.385. The molecule has 0 bridgehead atoms. The fourth-order valence-electron chi connectivity index (χ4n) is 1.95. The number of hydrogen-bond acceptors (Lipinski definition) is 6. The summed E-state index contributed by atoms with van der Waals surface area (Å²) in [6.45, 7) is 0. The van der Waals surface area contributed by atoms with Gasteiger partial charge in [-0.25, -0.2) is 4.98 Å². The van der Waals surface area contributed by atoms with Gasteiger partial charge >= 0.3 is 0 Å². The van der Waals surface area contributed by atoms with Crippen molar-refractivity contribution in [3.63, 3.8) is 0 Å². The van der Waals surface area contributed by atoms with Crippen LogP contribution in [0.15, 0.2) is 26.2 Å². The molecule has 1 aromatic carbocycles. The molecular weight excluding hydrogens is 466 g/mol. The molecule has 1 aliphatic carbocycles. The third kappa shape index (κ3) is 4.14. The van der Waals surface area contributed by atoms with Crippen molar-refractivity contribution >= 4 is 60.9 Å². The number of nitro groups is 1. The molecule has 0 saturated heterocycles. The standard InChI is InChI=1S/C13H11Br2N5O3S/c14-8-3-7(20(22)23)4-9(15)11(8)16-10(21)5-24-13-17-12(18-19-13)6-1-2-6/h3-4,6H,1-2,5H2,(H,16,21)(H,17,18,19). The van der Waals surface area contributed by atoms with Gasteiger partial charge in [-0.2, -0.15) is 0 Å². The lowest BCUT2D eigenvalue weighted by Gasteiger charge is -2.09. The number of halogens is 2. The SMILES string of the molecule is O=C(CSc1n[nH]c(C2CC2)n1)Nc1c(Br)cc([N+](=O)[O-])cc1Br. The van der Waals surface area contributed by atoms with Gasteiger partial charge in [-0.15, -0.1) is 5.10 Å². The zero-order valence-corrected chi connectivity index (χ0v) is 16.1. The smallest absolute Gasteiger partial charge is 0.271 e. The number of aromatic amines is 1. The van der Waals surface area contributed by atoms with Gasteiger partial charge in [-0.3, -0.25) is 20.0 Å². The summed E-state index contributed by atoms with van der Waals surface area (Å²) < 4.78 is 0.853. The minimum Gasteiger partial charge on any atom is -0.323 e. The Kier molecular flexibility index (Phi) is 5.21. The topological polar surface area (TPSA) is 114 Å². The second-order valence-electron chi connectivity index (χ2n) is 5.16. The molecule has 0 aliphatic heterocycles. The lowest BCUT2D eigenvalue weighted by atomic mass is 10.3. The number of carbonyl (C=O) groups excluding carboxylic acids is 1. The van der Waals surface area contributed by atoms with Crippen LogP contribution in [-0.2, 0) is 4.79 Å². The summed E-state index contributed by atoms with van der Waals surface area (Å²) >= 11 is 7.69. The highest BCUT2D eigenvalue weighted by Gasteiger charge is 2.27. The van der Waals surface area contributed by atoms with Crippen LogP contribution in [0.2, 0.25) is 0 Å². The number of nitrogens with one attached hydrogen (secondary N) is 2. The van der Waals surface area contributed by atoms with Crippen LogP contribution in [-0.4, -0.2) is 31.8 Å². The molecule has 8 nitrogen and oxygen atoms in total. The van der Waals surface area contributed by atoms with Gasteiger partial charge in [0.05, 0.1) is 16.4 Å². The summed E-state index contributed by atoms with van der Waals surface area (Å²) in [5, 5.41) is 21.0. The Morgan fingerprint density at radius 2 is 2.08 bits per heavy atom. The molecule has 1 amide bonds. The molecular formula is C13H11Br2N5O3S. The summed E-state index contributed by atoms with van der Waals surface area (Å²) in [5.74, 6) is 1.23. The second-order valence-corrected chi connectivity index (χ2v) is 7.81. The first-order valence-electron chi connectivity index (χ1n) is 6.92. The third-order valence-electron chi connectivity index (χ3n) is 3.28. The molecule has 1 aliphatic rings. The van der Waals surface area contributed by atoms with Crippen molar-refractivity contribution in [3.8, 4) is 0 Å². The van der Waals surface area contributed by atoms with Crippen LogP contribution >= 0.6 is 43.6 Å². The van der Waals surface area contributed by atoms with E-state index >= 15 is 0 Å². The Morgan fingerprint density at radius 3 is 2.67 bits per heavy atom. The van der Waals surface area contributed by atoms with Gasteiger partial charge in [0.2, 0.25) is 11.1 Å². The van der Waals surface area contributed by atoms with E-state index in [-0.39, 0.29) is 17.3 Å². The molecule has 0 unspecified atom stereocenters. The van der Waals surface area contributed by atoms with Crippen LogP contribution in [0.1, 0.15) is 24.6 Å². The summed E-state index contributed by atoms with van der Waals surface area (Å²) in [6, 6.07) is 2.68. The predicted octanol–water partition coefficient (Wildman–Crippen LogP) is 3.85. The number of aromatic nitrogens is 3. The van der Waals surface area contributed by atoms with E-state index in [0.717, 1.165) is 18.7 Å². The van der Waals surface area contributed by atoms with Crippen molar-refractivity contribution in [1.82, 2.24) is 15.2 Å². The molecule has 2 aromatic rings. The molecule has 1 saturated carbocycles. The molecule has 24 heavy (non-hydrogen) atoms. The maximum absolute atomic E-state index is 12.1. The van der Waals surface area contributed by atoms with E-state index in [9.17, 15) is 14.9 Å². The van der Waals surface area contributed by atoms with Crippen molar-refractivity contribution in [2.45, 2.75) is 23.9 Å². The third-order valence-corrected chi connectivity index (χ3v) is 5.38. The zero-order chi connectivity index (χ0) is 17.3. The quantitative estimate of drug-likeness (QED) is 0.372.